The number of amides is 1. The maximum Gasteiger partial charge on any atom is 0.228 e. The van der Waals surface area contributed by atoms with Crippen LogP contribution in [0.2, 0.25) is 5.02 Å². The molecular formula is C15H11ClN2O. The molecule has 2 aromatic rings. The quantitative estimate of drug-likeness (QED) is 0.929. The molecule has 0 aromatic heterocycles. The predicted octanol–water partition coefficient (Wildman–Crippen LogP) is 3.39. The van der Waals surface area contributed by atoms with E-state index in [4.69, 9.17) is 16.9 Å². The van der Waals surface area contributed by atoms with Crippen LogP contribution in [0.15, 0.2) is 48.5 Å². The third-order valence-corrected chi connectivity index (χ3v) is 2.89. The molecule has 1 amide bonds. The summed E-state index contributed by atoms with van der Waals surface area (Å²) in [4.78, 5) is 11.8. The van der Waals surface area contributed by atoms with Crippen LogP contribution in [-0.4, -0.2) is 5.91 Å². The van der Waals surface area contributed by atoms with Crippen LogP contribution in [0.4, 0.5) is 5.69 Å². The van der Waals surface area contributed by atoms with E-state index in [1.54, 1.807) is 18.2 Å². The molecule has 0 aliphatic carbocycles. The molecule has 0 aliphatic heterocycles. The van der Waals surface area contributed by atoms with Crippen LogP contribution in [-0.2, 0) is 11.2 Å². The van der Waals surface area contributed by atoms with Gasteiger partial charge in [-0.25, -0.2) is 0 Å². The summed E-state index contributed by atoms with van der Waals surface area (Å²) in [5.74, 6) is -0.119. The molecule has 0 spiro atoms. The molecule has 1 N–H and O–H groups in total. The molecule has 2 aromatic carbocycles. The maximum absolute atomic E-state index is 11.8. The van der Waals surface area contributed by atoms with Gasteiger partial charge >= 0.3 is 0 Å². The summed E-state index contributed by atoms with van der Waals surface area (Å²) in [6, 6.07) is 16.3. The van der Waals surface area contributed by atoms with Gasteiger partial charge in [-0.1, -0.05) is 41.9 Å². The molecule has 0 aliphatic rings. The zero-order valence-corrected chi connectivity index (χ0v) is 10.8. The summed E-state index contributed by atoms with van der Waals surface area (Å²) in [5.41, 5.74) is 1.92. The average Bonchev–Trinajstić information content (AvgIpc) is 2.40. The van der Waals surface area contributed by atoms with Crippen molar-refractivity contribution in [3.05, 3.63) is 64.7 Å². The third kappa shape index (κ3) is 3.57. The minimum atomic E-state index is -0.119. The molecule has 3 nitrogen and oxygen atoms in total. The van der Waals surface area contributed by atoms with Gasteiger partial charge in [0.1, 0.15) is 6.07 Å². The Kier molecular flexibility index (Phi) is 4.17. The standard InChI is InChI=1S/C15H11ClN2O/c16-14-9-13(7-6-12(14)10-17)18-15(19)8-11-4-2-1-3-5-11/h1-7,9H,8H2,(H,18,19). The monoisotopic (exact) mass is 270 g/mol. The molecule has 2 rings (SSSR count). The number of hydrogen-bond donors (Lipinski definition) is 1. The van der Waals surface area contributed by atoms with E-state index >= 15 is 0 Å². The third-order valence-electron chi connectivity index (χ3n) is 2.58. The minimum Gasteiger partial charge on any atom is -0.326 e. The number of anilines is 1. The van der Waals surface area contributed by atoms with Crippen molar-refractivity contribution >= 4 is 23.2 Å². The van der Waals surface area contributed by atoms with E-state index in [-0.39, 0.29) is 5.91 Å². The second-order valence-electron chi connectivity index (χ2n) is 4.02. The van der Waals surface area contributed by atoms with Crippen molar-refractivity contribution in [1.82, 2.24) is 0 Å². The van der Waals surface area contributed by atoms with Crippen LogP contribution in [0.5, 0.6) is 0 Å². The van der Waals surface area contributed by atoms with Crippen LogP contribution < -0.4 is 5.32 Å². The van der Waals surface area contributed by atoms with Gasteiger partial charge in [-0.15, -0.1) is 0 Å². The molecule has 0 saturated heterocycles. The van der Waals surface area contributed by atoms with Gasteiger partial charge in [0.2, 0.25) is 5.91 Å². The van der Waals surface area contributed by atoms with Gasteiger partial charge in [-0.05, 0) is 23.8 Å². The molecule has 0 saturated carbocycles. The Morgan fingerprint density at radius 3 is 2.58 bits per heavy atom. The van der Waals surface area contributed by atoms with Crippen LogP contribution in [0.3, 0.4) is 0 Å². The molecule has 19 heavy (non-hydrogen) atoms. The number of hydrogen-bond acceptors (Lipinski definition) is 2. The Bertz CT molecular complexity index is 632. The predicted molar refractivity (Wildman–Crippen MR) is 74.9 cm³/mol. The average molecular weight is 271 g/mol. The van der Waals surface area contributed by atoms with Crippen molar-refractivity contribution in [3.8, 4) is 6.07 Å². The summed E-state index contributed by atoms with van der Waals surface area (Å²) >= 11 is 5.90. The molecule has 0 fully saturated rings. The first-order valence-corrected chi connectivity index (χ1v) is 6.10. The van der Waals surface area contributed by atoms with Crippen LogP contribution >= 0.6 is 11.6 Å². The molecule has 94 valence electrons. The summed E-state index contributed by atoms with van der Waals surface area (Å²) in [5, 5.41) is 11.8. The first-order valence-electron chi connectivity index (χ1n) is 5.72. The fraction of sp³-hybridized carbons (Fsp3) is 0.0667. The van der Waals surface area contributed by atoms with Crippen molar-refractivity contribution in [1.29, 1.82) is 5.26 Å². The van der Waals surface area contributed by atoms with Gasteiger partial charge in [-0.3, -0.25) is 4.79 Å². The van der Waals surface area contributed by atoms with Gasteiger partial charge in [0.05, 0.1) is 17.0 Å². The first-order chi connectivity index (χ1) is 9.19. The topological polar surface area (TPSA) is 52.9 Å². The van der Waals surface area contributed by atoms with E-state index in [0.717, 1.165) is 5.56 Å². The van der Waals surface area contributed by atoms with Crippen molar-refractivity contribution in [2.45, 2.75) is 6.42 Å². The lowest BCUT2D eigenvalue weighted by molar-refractivity contribution is -0.115. The molecule has 0 radical (unpaired) electrons. The highest BCUT2D eigenvalue weighted by molar-refractivity contribution is 6.32. The van der Waals surface area contributed by atoms with Gasteiger partial charge in [0, 0.05) is 5.69 Å². The largest absolute Gasteiger partial charge is 0.326 e. The Hall–Kier alpha value is -2.31. The first kappa shape index (κ1) is 13.1. The second-order valence-corrected chi connectivity index (χ2v) is 4.42. The highest BCUT2D eigenvalue weighted by Crippen LogP contribution is 2.20. The number of halogens is 1. The van der Waals surface area contributed by atoms with Gasteiger partial charge in [-0.2, -0.15) is 5.26 Å². The molecule has 0 unspecified atom stereocenters. The smallest absolute Gasteiger partial charge is 0.228 e. The van der Waals surface area contributed by atoms with Crippen molar-refractivity contribution in [3.63, 3.8) is 0 Å². The van der Waals surface area contributed by atoms with E-state index in [1.807, 2.05) is 36.4 Å². The number of carbonyl (C=O) groups is 1. The summed E-state index contributed by atoms with van der Waals surface area (Å²) in [6.45, 7) is 0. The Labute approximate surface area is 116 Å². The zero-order chi connectivity index (χ0) is 13.7. The number of nitrogens with one attached hydrogen (secondary N) is 1. The molecule has 0 heterocycles. The fourth-order valence-electron chi connectivity index (χ4n) is 1.67. The molecule has 4 heteroatoms. The summed E-state index contributed by atoms with van der Waals surface area (Å²) < 4.78 is 0. The lowest BCUT2D eigenvalue weighted by Crippen LogP contribution is -2.14. The number of rotatable bonds is 3. The normalized spacial score (nSPS) is 9.68. The number of carbonyl (C=O) groups excluding carboxylic acids is 1. The highest BCUT2D eigenvalue weighted by Gasteiger charge is 2.06. The second kappa shape index (κ2) is 6.03. The maximum atomic E-state index is 11.8. The lowest BCUT2D eigenvalue weighted by Gasteiger charge is -2.06. The van der Waals surface area contributed by atoms with Gasteiger partial charge < -0.3 is 5.32 Å². The lowest BCUT2D eigenvalue weighted by atomic mass is 10.1. The number of nitrogens with zero attached hydrogens (tertiary/aromatic N) is 1. The SMILES string of the molecule is N#Cc1ccc(NC(=O)Cc2ccccc2)cc1Cl. The summed E-state index contributed by atoms with van der Waals surface area (Å²) in [6.07, 6.45) is 0.304. The molecule has 0 atom stereocenters. The zero-order valence-electron chi connectivity index (χ0n) is 10.1. The van der Waals surface area contributed by atoms with E-state index in [2.05, 4.69) is 5.32 Å². The van der Waals surface area contributed by atoms with E-state index in [9.17, 15) is 4.79 Å². The minimum absolute atomic E-state index is 0.119. The van der Waals surface area contributed by atoms with Crippen molar-refractivity contribution in [2.75, 3.05) is 5.32 Å². The Balaban J connectivity index is 2.04. The fourth-order valence-corrected chi connectivity index (χ4v) is 1.89. The summed E-state index contributed by atoms with van der Waals surface area (Å²) in [7, 11) is 0. The van der Waals surface area contributed by atoms with Crippen molar-refractivity contribution < 1.29 is 4.79 Å². The van der Waals surface area contributed by atoms with Crippen LogP contribution in [0, 0.1) is 11.3 Å². The van der Waals surface area contributed by atoms with E-state index < -0.39 is 0 Å². The van der Waals surface area contributed by atoms with Gasteiger partial charge in [0.15, 0.2) is 0 Å². The van der Waals surface area contributed by atoms with Crippen molar-refractivity contribution in [2.24, 2.45) is 0 Å². The molecule has 0 bridgehead atoms. The van der Waals surface area contributed by atoms with Gasteiger partial charge in [0.25, 0.3) is 0 Å². The molecular weight excluding hydrogens is 260 g/mol. The number of benzene rings is 2. The number of nitriles is 1. The van der Waals surface area contributed by atoms with E-state index in [0.29, 0.717) is 22.7 Å². The van der Waals surface area contributed by atoms with Crippen LogP contribution in [0.1, 0.15) is 11.1 Å². The Morgan fingerprint density at radius 2 is 1.95 bits per heavy atom. The Morgan fingerprint density at radius 1 is 1.21 bits per heavy atom. The van der Waals surface area contributed by atoms with Crippen LogP contribution in [0.25, 0.3) is 0 Å². The van der Waals surface area contributed by atoms with E-state index in [1.165, 1.54) is 0 Å². The highest BCUT2D eigenvalue weighted by atomic mass is 35.5.